The number of rotatable bonds is 2. The molecule has 5 heteroatoms. The van der Waals surface area contributed by atoms with Gasteiger partial charge in [-0.2, -0.15) is 0 Å². The predicted octanol–water partition coefficient (Wildman–Crippen LogP) is 2.10. The van der Waals surface area contributed by atoms with Crippen LogP contribution >= 0.6 is 11.6 Å². The minimum absolute atomic E-state index is 0.195. The zero-order valence-electron chi connectivity index (χ0n) is 8.53. The van der Waals surface area contributed by atoms with Gasteiger partial charge in [0.2, 0.25) is 0 Å². The Bertz CT molecular complexity index is 566. The van der Waals surface area contributed by atoms with Crippen LogP contribution in [0, 0.1) is 0 Å². The summed E-state index contributed by atoms with van der Waals surface area (Å²) < 4.78 is 5.08. The van der Waals surface area contributed by atoms with Crippen LogP contribution in [0.15, 0.2) is 35.5 Å². The molecule has 0 aliphatic heterocycles. The van der Waals surface area contributed by atoms with E-state index in [-0.39, 0.29) is 5.56 Å². The standard InChI is InChI=1S/C11H9ClN2O2/c1-16-10-4-7(2-3-9(10)12)8-5-13-6-14-11(8)15/h2-6H,1H3,(H,13,14,15). The van der Waals surface area contributed by atoms with Gasteiger partial charge in [0, 0.05) is 6.20 Å². The molecule has 82 valence electrons. The number of methoxy groups -OCH3 is 1. The number of aromatic nitrogens is 2. The Morgan fingerprint density at radius 3 is 2.94 bits per heavy atom. The first-order valence-corrected chi connectivity index (χ1v) is 4.97. The number of hydrogen-bond acceptors (Lipinski definition) is 3. The van der Waals surface area contributed by atoms with Crippen molar-refractivity contribution in [2.75, 3.05) is 7.11 Å². The number of nitrogens with zero attached hydrogens (tertiary/aromatic N) is 1. The molecule has 2 rings (SSSR count). The minimum atomic E-state index is -0.195. The average molecular weight is 237 g/mol. The van der Waals surface area contributed by atoms with Crippen LogP contribution in [0.25, 0.3) is 11.1 Å². The maximum absolute atomic E-state index is 11.5. The van der Waals surface area contributed by atoms with Gasteiger partial charge in [-0.25, -0.2) is 4.98 Å². The van der Waals surface area contributed by atoms with Crippen molar-refractivity contribution in [2.45, 2.75) is 0 Å². The van der Waals surface area contributed by atoms with Crippen LogP contribution < -0.4 is 10.3 Å². The van der Waals surface area contributed by atoms with E-state index in [0.717, 1.165) is 5.56 Å². The lowest BCUT2D eigenvalue weighted by atomic mass is 10.1. The number of aromatic amines is 1. The number of benzene rings is 1. The lowest BCUT2D eigenvalue weighted by Crippen LogP contribution is -2.08. The first-order valence-electron chi connectivity index (χ1n) is 4.59. The molecule has 0 radical (unpaired) electrons. The molecule has 1 aromatic heterocycles. The van der Waals surface area contributed by atoms with Gasteiger partial charge in [-0.05, 0) is 17.7 Å². The summed E-state index contributed by atoms with van der Waals surface area (Å²) in [5, 5.41) is 0.506. The summed E-state index contributed by atoms with van der Waals surface area (Å²) in [5.74, 6) is 0.530. The van der Waals surface area contributed by atoms with Crippen LogP contribution in [0.4, 0.5) is 0 Å². The summed E-state index contributed by atoms with van der Waals surface area (Å²) in [6.07, 6.45) is 2.85. The number of nitrogens with one attached hydrogen (secondary N) is 1. The Hall–Kier alpha value is -1.81. The van der Waals surface area contributed by atoms with Crippen LogP contribution in [-0.2, 0) is 0 Å². The maximum atomic E-state index is 11.5. The van der Waals surface area contributed by atoms with Crippen molar-refractivity contribution in [1.82, 2.24) is 9.97 Å². The van der Waals surface area contributed by atoms with Crippen LogP contribution in [0.2, 0.25) is 5.02 Å². The Morgan fingerprint density at radius 2 is 2.25 bits per heavy atom. The Morgan fingerprint density at radius 1 is 1.44 bits per heavy atom. The summed E-state index contributed by atoms with van der Waals surface area (Å²) in [6, 6.07) is 5.13. The zero-order valence-corrected chi connectivity index (χ0v) is 9.28. The molecule has 2 aromatic rings. The SMILES string of the molecule is COc1cc(-c2cnc[nH]c2=O)ccc1Cl. The van der Waals surface area contributed by atoms with Crippen molar-refractivity contribution in [3.8, 4) is 16.9 Å². The fourth-order valence-electron chi connectivity index (χ4n) is 1.38. The van der Waals surface area contributed by atoms with Crippen molar-refractivity contribution in [3.05, 3.63) is 46.1 Å². The van der Waals surface area contributed by atoms with Gasteiger partial charge >= 0.3 is 0 Å². The fourth-order valence-corrected chi connectivity index (χ4v) is 1.57. The monoisotopic (exact) mass is 236 g/mol. The second-order valence-corrected chi connectivity index (χ2v) is 3.55. The average Bonchev–Trinajstić information content (AvgIpc) is 2.31. The van der Waals surface area contributed by atoms with Gasteiger partial charge in [0.1, 0.15) is 5.75 Å². The number of halogens is 1. The smallest absolute Gasteiger partial charge is 0.258 e. The molecule has 1 aromatic carbocycles. The molecule has 0 saturated carbocycles. The van der Waals surface area contributed by atoms with Crippen molar-refractivity contribution in [3.63, 3.8) is 0 Å². The summed E-state index contributed by atoms with van der Waals surface area (Å²) in [6.45, 7) is 0. The quantitative estimate of drug-likeness (QED) is 0.869. The second kappa shape index (κ2) is 4.37. The molecular weight excluding hydrogens is 228 g/mol. The van der Waals surface area contributed by atoms with Crippen molar-refractivity contribution >= 4 is 11.6 Å². The molecule has 0 fully saturated rings. The van der Waals surface area contributed by atoms with Gasteiger partial charge < -0.3 is 9.72 Å². The van der Waals surface area contributed by atoms with E-state index in [1.807, 2.05) is 0 Å². The van der Waals surface area contributed by atoms with Crippen LogP contribution in [-0.4, -0.2) is 17.1 Å². The highest BCUT2D eigenvalue weighted by Crippen LogP contribution is 2.28. The lowest BCUT2D eigenvalue weighted by Gasteiger charge is -2.05. The van der Waals surface area contributed by atoms with Crippen LogP contribution in [0.1, 0.15) is 0 Å². The van der Waals surface area contributed by atoms with E-state index in [9.17, 15) is 4.79 Å². The molecule has 1 heterocycles. The predicted molar refractivity (Wildman–Crippen MR) is 61.9 cm³/mol. The van der Waals surface area contributed by atoms with Gasteiger partial charge in [-0.15, -0.1) is 0 Å². The summed E-state index contributed by atoms with van der Waals surface area (Å²) in [4.78, 5) is 17.9. The van der Waals surface area contributed by atoms with Gasteiger partial charge in [0.05, 0.1) is 24.0 Å². The molecule has 1 N–H and O–H groups in total. The van der Waals surface area contributed by atoms with E-state index in [1.54, 1.807) is 18.2 Å². The van der Waals surface area contributed by atoms with Gasteiger partial charge in [0.25, 0.3) is 5.56 Å². The topological polar surface area (TPSA) is 55.0 Å². The van der Waals surface area contributed by atoms with Crippen LogP contribution in [0.5, 0.6) is 5.75 Å². The van der Waals surface area contributed by atoms with E-state index in [2.05, 4.69) is 9.97 Å². The van der Waals surface area contributed by atoms with E-state index in [1.165, 1.54) is 19.6 Å². The molecule has 0 amide bonds. The number of H-pyrrole nitrogens is 1. The normalized spacial score (nSPS) is 10.1. The highest BCUT2D eigenvalue weighted by Gasteiger charge is 2.06. The Kier molecular flexibility index (Phi) is 2.92. The van der Waals surface area contributed by atoms with Crippen molar-refractivity contribution in [1.29, 1.82) is 0 Å². The first kappa shape index (κ1) is 10.7. The van der Waals surface area contributed by atoms with E-state index in [0.29, 0.717) is 16.3 Å². The zero-order chi connectivity index (χ0) is 11.5. The van der Waals surface area contributed by atoms with Gasteiger partial charge in [-0.3, -0.25) is 4.79 Å². The first-order chi connectivity index (χ1) is 7.72. The van der Waals surface area contributed by atoms with E-state index in [4.69, 9.17) is 16.3 Å². The Labute approximate surface area is 96.9 Å². The molecule has 0 aliphatic rings. The number of hydrogen-bond donors (Lipinski definition) is 1. The number of ether oxygens (including phenoxy) is 1. The Balaban J connectivity index is 2.57. The highest BCUT2D eigenvalue weighted by molar-refractivity contribution is 6.32. The summed E-state index contributed by atoms with van der Waals surface area (Å²) in [5.41, 5.74) is 1.01. The maximum Gasteiger partial charge on any atom is 0.258 e. The van der Waals surface area contributed by atoms with Crippen molar-refractivity contribution < 1.29 is 4.74 Å². The largest absolute Gasteiger partial charge is 0.495 e. The summed E-state index contributed by atoms with van der Waals surface area (Å²) >= 11 is 5.90. The second-order valence-electron chi connectivity index (χ2n) is 3.14. The highest BCUT2D eigenvalue weighted by atomic mass is 35.5. The molecule has 0 aliphatic carbocycles. The van der Waals surface area contributed by atoms with Crippen molar-refractivity contribution in [2.24, 2.45) is 0 Å². The van der Waals surface area contributed by atoms with Crippen LogP contribution in [0.3, 0.4) is 0 Å². The minimum Gasteiger partial charge on any atom is -0.495 e. The molecular formula is C11H9ClN2O2. The molecule has 0 atom stereocenters. The third kappa shape index (κ3) is 1.92. The molecule has 0 saturated heterocycles. The molecule has 0 unspecified atom stereocenters. The third-order valence-corrected chi connectivity index (χ3v) is 2.49. The fraction of sp³-hybridized carbons (Fsp3) is 0.0909. The molecule has 0 bridgehead atoms. The van der Waals surface area contributed by atoms with Gasteiger partial charge in [0.15, 0.2) is 0 Å². The van der Waals surface area contributed by atoms with E-state index >= 15 is 0 Å². The molecule has 0 spiro atoms. The molecule has 4 nitrogen and oxygen atoms in total. The van der Waals surface area contributed by atoms with Gasteiger partial charge in [-0.1, -0.05) is 17.7 Å². The lowest BCUT2D eigenvalue weighted by molar-refractivity contribution is 0.415. The van der Waals surface area contributed by atoms with E-state index < -0.39 is 0 Å². The third-order valence-electron chi connectivity index (χ3n) is 2.18. The molecule has 16 heavy (non-hydrogen) atoms. The summed E-state index contributed by atoms with van der Waals surface area (Å²) in [7, 11) is 1.53.